The highest BCUT2D eigenvalue weighted by Crippen LogP contribution is 2.37. The van der Waals surface area contributed by atoms with Crippen LogP contribution in [0.15, 0.2) is 60.7 Å². The number of hydrogen-bond donors (Lipinski definition) is 0. The average Bonchev–Trinajstić information content (AvgIpc) is 2.78. The predicted octanol–water partition coefficient (Wildman–Crippen LogP) is 6.17. The van der Waals surface area contributed by atoms with Gasteiger partial charge in [-0.05, 0) is 78.8 Å². The molecule has 0 bridgehead atoms. The van der Waals surface area contributed by atoms with E-state index in [4.69, 9.17) is 9.47 Å². The van der Waals surface area contributed by atoms with Crippen LogP contribution in [0, 0.1) is 13.8 Å². The fourth-order valence-corrected chi connectivity index (χ4v) is 4.36. The van der Waals surface area contributed by atoms with Crippen molar-refractivity contribution in [3.63, 3.8) is 0 Å². The number of Topliss-reactive ketones (excluding diaryl/α,β-unsaturated/α-hetero) is 1. The fourth-order valence-electron chi connectivity index (χ4n) is 4.36. The second-order valence-electron chi connectivity index (χ2n) is 8.26. The quantitative estimate of drug-likeness (QED) is 0.441. The Bertz CT molecular complexity index is 1140. The molecule has 1 unspecified atom stereocenters. The van der Waals surface area contributed by atoms with E-state index < -0.39 is 0 Å². The predicted molar refractivity (Wildman–Crippen MR) is 125 cm³/mol. The minimum absolute atomic E-state index is 0.0618. The molecule has 1 heterocycles. The number of ketones is 1. The van der Waals surface area contributed by atoms with E-state index in [-0.39, 0.29) is 17.9 Å². The Hall–Kier alpha value is -3.40. The van der Waals surface area contributed by atoms with Crippen LogP contribution in [0.1, 0.15) is 58.5 Å². The minimum Gasteiger partial charge on any atom is -0.484 e. The van der Waals surface area contributed by atoms with Crippen molar-refractivity contribution in [1.29, 1.82) is 0 Å². The van der Waals surface area contributed by atoms with Crippen LogP contribution in [0.2, 0.25) is 0 Å². The van der Waals surface area contributed by atoms with Crippen LogP contribution in [-0.2, 0) is 16.0 Å². The van der Waals surface area contributed by atoms with Gasteiger partial charge in [0, 0.05) is 6.42 Å². The van der Waals surface area contributed by atoms with Crippen LogP contribution in [0.4, 0.5) is 0 Å². The van der Waals surface area contributed by atoms with Crippen molar-refractivity contribution >= 4 is 11.8 Å². The second kappa shape index (κ2) is 9.39. The topological polar surface area (TPSA) is 52.6 Å². The Morgan fingerprint density at radius 2 is 1.78 bits per heavy atom. The van der Waals surface area contributed by atoms with Gasteiger partial charge in [0.2, 0.25) is 0 Å². The Morgan fingerprint density at radius 3 is 2.53 bits per heavy atom. The molecule has 0 spiro atoms. The molecule has 3 aromatic carbocycles. The van der Waals surface area contributed by atoms with Crippen LogP contribution in [0.25, 0.3) is 11.1 Å². The molecule has 32 heavy (non-hydrogen) atoms. The van der Waals surface area contributed by atoms with Gasteiger partial charge in [0.25, 0.3) is 0 Å². The summed E-state index contributed by atoms with van der Waals surface area (Å²) in [5.41, 5.74) is 7.33. The van der Waals surface area contributed by atoms with Gasteiger partial charge in [-0.15, -0.1) is 0 Å². The molecule has 0 fully saturated rings. The van der Waals surface area contributed by atoms with E-state index in [0.29, 0.717) is 37.2 Å². The zero-order valence-electron chi connectivity index (χ0n) is 18.8. The van der Waals surface area contributed by atoms with Crippen LogP contribution < -0.4 is 4.74 Å². The van der Waals surface area contributed by atoms with E-state index in [0.717, 1.165) is 16.7 Å². The first-order valence-corrected chi connectivity index (χ1v) is 11.1. The number of esters is 1. The summed E-state index contributed by atoms with van der Waals surface area (Å²) in [4.78, 5) is 24.6. The van der Waals surface area contributed by atoms with Crippen molar-refractivity contribution in [3.8, 4) is 16.9 Å². The number of hydrogen-bond acceptors (Lipinski definition) is 4. The Kier molecular flexibility index (Phi) is 6.40. The number of ether oxygens (including phenoxy) is 2. The summed E-state index contributed by atoms with van der Waals surface area (Å²) < 4.78 is 11.2. The zero-order valence-corrected chi connectivity index (χ0v) is 18.8. The lowest BCUT2D eigenvalue weighted by atomic mass is 9.91. The molecule has 3 aromatic rings. The van der Waals surface area contributed by atoms with E-state index >= 15 is 0 Å². The van der Waals surface area contributed by atoms with Crippen LogP contribution in [-0.4, -0.2) is 18.4 Å². The van der Waals surface area contributed by atoms with Crippen molar-refractivity contribution in [2.45, 2.75) is 46.1 Å². The molecule has 1 atom stereocenters. The smallest absolute Gasteiger partial charge is 0.306 e. The largest absolute Gasteiger partial charge is 0.484 e. The maximum absolute atomic E-state index is 13.0. The summed E-state index contributed by atoms with van der Waals surface area (Å²) in [5, 5.41) is 0. The van der Waals surface area contributed by atoms with Crippen molar-refractivity contribution < 1.29 is 19.1 Å². The molecule has 0 aromatic heterocycles. The summed E-state index contributed by atoms with van der Waals surface area (Å²) in [6.07, 6.45) is 0.824. The number of carbonyl (C=O) groups excluding carboxylic acids is 2. The molecule has 1 aliphatic rings. The fraction of sp³-hybridized carbons (Fsp3) is 0.286. The van der Waals surface area contributed by atoms with Crippen molar-refractivity contribution in [3.05, 3.63) is 88.5 Å². The molecular formula is C28H28O4. The summed E-state index contributed by atoms with van der Waals surface area (Å²) in [7, 11) is 0. The first-order valence-electron chi connectivity index (χ1n) is 11.1. The Balaban J connectivity index is 1.55. The number of carbonyl (C=O) groups is 2. The van der Waals surface area contributed by atoms with Gasteiger partial charge in [-0.2, -0.15) is 0 Å². The lowest BCUT2D eigenvalue weighted by Crippen LogP contribution is -2.20. The van der Waals surface area contributed by atoms with Gasteiger partial charge in [-0.1, -0.05) is 42.5 Å². The summed E-state index contributed by atoms with van der Waals surface area (Å²) in [5.74, 6) is 0.437. The highest BCUT2D eigenvalue weighted by molar-refractivity contribution is 6.00. The van der Waals surface area contributed by atoms with E-state index in [9.17, 15) is 9.59 Å². The standard InChI is InChI=1S/C28H28O4/c1-4-31-27(30)14-12-20-11-13-25-23(15-20)24(29)17-26(32-25)21-9-6-10-22(16-21)28-18(2)7-5-8-19(28)3/h5-11,13,15-16,26H,4,12,14,17H2,1-3H3. The van der Waals surface area contributed by atoms with Gasteiger partial charge in [-0.3, -0.25) is 9.59 Å². The molecule has 4 heteroatoms. The van der Waals surface area contributed by atoms with Gasteiger partial charge in [0.15, 0.2) is 5.78 Å². The normalized spacial score (nSPS) is 15.1. The third-order valence-corrected chi connectivity index (χ3v) is 5.94. The van der Waals surface area contributed by atoms with Gasteiger partial charge in [-0.25, -0.2) is 0 Å². The highest BCUT2D eigenvalue weighted by Gasteiger charge is 2.28. The molecule has 0 radical (unpaired) electrons. The Labute approximate surface area is 189 Å². The Morgan fingerprint density at radius 1 is 1.03 bits per heavy atom. The number of fused-ring (bicyclic) bond motifs is 1. The van der Waals surface area contributed by atoms with E-state index in [1.807, 2.05) is 30.3 Å². The number of aryl methyl sites for hydroxylation is 3. The summed E-state index contributed by atoms with van der Waals surface area (Å²) in [6, 6.07) is 20.2. The molecule has 0 saturated heterocycles. The average molecular weight is 429 g/mol. The number of benzene rings is 3. The first kappa shape index (κ1) is 21.8. The van der Waals surface area contributed by atoms with E-state index in [1.54, 1.807) is 6.92 Å². The monoisotopic (exact) mass is 428 g/mol. The van der Waals surface area contributed by atoms with Crippen molar-refractivity contribution in [2.75, 3.05) is 6.61 Å². The zero-order chi connectivity index (χ0) is 22.7. The molecular weight excluding hydrogens is 400 g/mol. The molecule has 164 valence electrons. The summed E-state index contributed by atoms with van der Waals surface area (Å²) >= 11 is 0. The lowest BCUT2D eigenvalue weighted by Gasteiger charge is -2.26. The van der Waals surface area contributed by atoms with Gasteiger partial charge >= 0.3 is 5.97 Å². The highest BCUT2D eigenvalue weighted by atomic mass is 16.5. The summed E-state index contributed by atoms with van der Waals surface area (Å²) in [6.45, 7) is 6.40. The third-order valence-electron chi connectivity index (χ3n) is 5.94. The van der Waals surface area contributed by atoms with E-state index in [2.05, 4.69) is 44.2 Å². The van der Waals surface area contributed by atoms with Crippen LogP contribution in [0.5, 0.6) is 5.75 Å². The maximum Gasteiger partial charge on any atom is 0.306 e. The molecule has 0 aliphatic carbocycles. The van der Waals surface area contributed by atoms with Gasteiger partial charge < -0.3 is 9.47 Å². The van der Waals surface area contributed by atoms with Crippen LogP contribution in [0.3, 0.4) is 0 Å². The van der Waals surface area contributed by atoms with E-state index in [1.165, 1.54) is 16.7 Å². The molecule has 4 rings (SSSR count). The van der Waals surface area contributed by atoms with Crippen molar-refractivity contribution in [2.24, 2.45) is 0 Å². The van der Waals surface area contributed by atoms with Gasteiger partial charge in [0.05, 0.1) is 18.6 Å². The second-order valence-corrected chi connectivity index (χ2v) is 8.26. The minimum atomic E-state index is -0.315. The maximum atomic E-state index is 13.0. The van der Waals surface area contributed by atoms with Gasteiger partial charge in [0.1, 0.15) is 11.9 Å². The molecule has 4 nitrogen and oxygen atoms in total. The SMILES string of the molecule is CCOC(=O)CCc1ccc2c(c1)C(=O)CC(c1cccc(-c3c(C)cccc3C)c1)O2. The first-order chi connectivity index (χ1) is 15.5. The lowest BCUT2D eigenvalue weighted by molar-refractivity contribution is -0.143. The van der Waals surface area contributed by atoms with Crippen LogP contribution >= 0.6 is 0 Å². The molecule has 0 amide bonds. The van der Waals surface area contributed by atoms with Crippen molar-refractivity contribution in [1.82, 2.24) is 0 Å². The molecule has 1 aliphatic heterocycles. The number of rotatable bonds is 6. The molecule has 0 saturated carbocycles. The molecule has 0 N–H and O–H groups in total. The third kappa shape index (κ3) is 4.59.